The standard InChI is InChI=1S/C19H19F2N5O3/c1-2-29-18-5-3-4-15-24-25-19(26(15)18)23-17(28)7-6-16(27)22-11-12-8-13(20)10-14(21)9-12/h3-5,8-10H,2,6-7,11H2,1H3,(H,22,27)(H,23,25,28). The highest BCUT2D eigenvalue weighted by molar-refractivity contribution is 5.92. The number of fused-ring (bicyclic) bond motifs is 1. The fourth-order valence-electron chi connectivity index (χ4n) is 2.67. The van der Waals surface area contributed by atoms with Crippen molar-refractivity contribution in [2.75, 3.05) is 11.9 Å². The molecule has 10 heteroatoms. The van der Waals surface area contributed by atoms with Gasteiger partial charge >= 0.3 is 0 Å². The Labute approximate surface area is 164 Å². The zero-order valence-electron chi connectivity index (χ0n) is 15.6. The van der Waals surface area contributed by atoms with Crippen LogP contribution < -0.4 is 15.4 Å². The van der Waals surface area contributed by atoms with E-state index in [0.717, 1.165) is 18.2 Å². The number of rotatable bonds is 8. The third-order valence-electron chi connectivity index (χ3n) is 3.93. The lowest BCUT2D eigenvalue weighted by Gasteiger charge is -2.09. The minimum atomic E-state index is -0.722. The Morgan fingerprint density at radius 2 is 1.79 bits per heavy atom. The van der Waals surface area contributed by atoms with Gasteiger partial charge < -0.3 is 10.1 Å². The maximum atomic E-state index is 13.1. The van der Waals surface area contributed by atoms with Gasteiger partial charge in [0.1, 0.15) is 11.6 Å². The van der Waals surface area contributed by atoms with Crippen LogP contribution in [0.5, 0.6) is 5.88 Å². The highest BCUT2D eigenvalue weighted by atomic mass is 19.1. The van der Waals surface area contributed by atoms with Gasteiger partial charge in [-0.3, -0.25) is 14.9 Å². The second kappa shape index (κ2) is 9.09. The summed E-state index contributed by atoms with van der Waals surface area (Å²) >= 11 is 0. The Kier molecular flexibility index (Phi) is 6.32. The molecule has 0 radical (unpaired) electrons. The van der Waals surface area contributed by atoms with Gasteiger partial charge in [-0.05, 0) is 36.8 Å². The zero-order chi connectivity index (χ0) is 20.8. The summed E-state index contributed by atoms with van der Waals surface area (Å²) in [4.78, 5) is 24.1. The first-order valence-corrected chi connectivity index (χ1v) is 8.94. The van der Waals surface area contributed by atoms with Gasteiger partial charge in [-0.1, -0.05) is 6.07 Å². The molecule has 29 heavy (non-hydrogen) atoms. The first-order valence-electron chi connectivity index (χ1n) is 8.94. The van der Waals surface area contributed by atoms with E-state index in [1.165, 1.54) is 0 Å². The van der Waals surface area contributed by atoms with Gasteiger partial charge in [0.15, 0.2) is 5.65 Å². The number of hydrogen-bond acceptors (Lipinski definition) is 5. The van der Waals surface area contributed by atoms with Crippen molar-refractivity contribution in [3.05, 3.63) is 53.6 Å². The number of hydrogen-bond donors (Lipinski definition) is 2. The molecule has 0 bridgehead atoms. The predicted octanol–water partition coefficient (Wildman–Crippen LogP) is 2.44. The van der Waals surface area contributed by atoms with Crippen LogP contribution >= 0.6 is 0 Å². The lowest BCUT2D eigenvalue weighted by atomic mass is 10.2. The highest BCUT2D eigenvalue weighted by Crippen LogP contribution is 2.18. The third-order valence-corrected chi connectivity index (χ3v) is 3.93. The molecule has 0 aliphatic rings. The van der Waals surface area contributed by atoms with Crippen LogP contribution in [0.15, 0.2) is 36.4 Å². The molecular formula is C19H19F2N5O3. The Balaban J connectivity index is 1.53. The SMILES string of the molecule is CCOc1cccc2nnc(NC(=O)CCC(=O)NCc3cc(F)cc(F)c3)n12. The second-order valence-corrected chi connectivity index (χ2v) is 6.12. The van der Waals surface area contributed by atoms with Crippen LogP contribution in [0.4, 0.5) is 14.7 Å². The van der Waals surface area contributed by atoms with Crippen molar-refractivity contribution in [2.24, 2.45) is 0 Å². The molecule has 2 amide bonds. The van der Waals surface area contributed by atoms with Gasteiger partial charge in [0.05, 0.1) is 6.61 Å². The van der Waals surface area contributed by atoms with E-state index in [0.29, 0.717) is 23.7 Å². The lowest BCUT2D eigenvalue weighted by Crippen LogP contribution is -2.24. The third kappa shape index (κ3) is 5.24. The van der Waals surface area contributed by atoms with E-state index in [4.69, 9.17) is 4.74 Å². The molecule has 0 saturated carbocycles. The summed E-state index contributed by atoms with van der Waals surface area (Å²) in [7, 11) is 0. The van der Waals surface area contributed by atoms with Crippen LogP contribution in [0.2, 0.25) is 0 Å². The summed E-state index contributed by atoms with van der Waals surface area (Å²) < 4.78 is 33.4. The molecule has 0 aliphatic carbocycles. The molecule has 0 spiro atoms. The van der Waals surface area contributed by atoms with Crippen LogP contribution in [0.1, 0.15) is 25.3 Å². The Bertz CT molecular complexity index is 1020. The van der Waals surface area contributed by atoms with E-state index >= 15 is 0 Å². The van der Waals surface area contributed by atoms with Gasteiger partial charge in [0.2, 0.25) is 23.6 Å². The smallest absolute Gasteiger partial charge is 0.238 e. The average molecular weight is 403 g/mol. The molecule has 3 aromatic rings. The van der Waals surface area contributed by atoms with Crippen molar-refractivity contribution in [3.8, 4) is 5.88 Å². The summed E-state index contributed by atoms with van der Waals surface area (Å²) in [5, 5.41) is 13.0. The lowest BCUT2D eigenvalue weighted by molar-refractivity contribution is -0.124. The number of carbonyl (C=O) groups excluding carboxylic acids is 2. The van der Waals surface area contributed by atoms with Crippen molar-refractivity contribution in [1.29, 1.82) is 0 Å². The molecule has 0 atom stereocenters. The van der Waals surface area contributed by atoms with Crippen molar-refractivity contribution in [2.45, 2.75) is 26.3 Å². The molecule has 152 valence electrons. The predicted molar refractivity (Wildman–Crippen MR) is 100 cm³/mol. The van der Waals surface area contributed by atoms with Gasteiger partial charge in [-0.2, -0.15) is 0 Å². The minimum Gasteiger partial charge on any atom is -0.479 e. The van der Waals surface area contributed by atoms with E-state index in [1.54, 1.807) is 22.6 Å². The maximum Gasteiger partial charge on any atom is 0.238 e. The fraction of sp³-hybridized carbons (Fsp3) is 0.263. The largest absolute Gasteiger partial charge is 0.479 e. The molecule has 8 nitrogen and oxygen atoms in total. The van der Waals surface area contributed by atoms with Crippen molar-refractivity contribution in [1.82, 2.24) is 19.9 Å². The number of amides is 2. The number of anilines is 1. The van der Waals surface area contributed by atoms with Gasteiger partial charge in [-0.15, -0.1) is 10.2 Å². The van der Waals surface area contributed by atoms with Crippen LogP contribution in [0.25, 0.3) is 5.65 Å². The molecule has 0 fully saturated rings. The number of nitrogens with one attached hydrogen (secondary N) is 2. The summed E-state index contributed by atoms with van der Waals surface area (Å²) in [6, 6.07) is 8.20. The monoisotopic (exact) mass is 403 g/mol. The molecule has 3 rings (SSSR count). The first-order chi connectivity index (χ1) is 14.0. The summed E-state index contributed by atoms with van der Waals surface area (Å²) in [6.45, 7) is 2.22. The molecule has 2 N–H and O–H groups in total. The summed E-state index contributed by atoms with van der Waals surface area (Å²) in [6.07, 6.45) is -0.201. The van der Waals surface area contributed by atoms with Crippen molar-refractivity contribution >= 4 is 23.4 Å². The van der Waals surface area contributed by atoms with Gasteiger partial charge in [-0.25, -0.2) is 13.2 Å². The number of halogens is 2. The first kappa shape index (κ1) is 20.2. The Morgan fingerprint density at radius 1 is 1.07 bits per heavy atom. The number of ether oxygens (including phenoxy) is 1. The van der Waals surface area contributed by atoms with Crippen molar-refractivity contribution < 1.29 is 23.1 Å². The number of aromatic nitrogens is 3. The fourth-order valence-corrected chi connectivity index (χ4v) is 2.67. The second-order valence-electron chi connectivity index (χ2n) is 6.12. The minimum absolute atomic E-state index is 0.0400. The number of carbonyl (C=O) groups is 2. The Morgan fingerprint density at radius 3 is 2.52 bits per heavy atom. The summed E-state index contributed by atoms with van der Waals surface area (Å²) in [5.74, 6) is -1.64. The number of benzene rings is 1. The number of nitrogens with zero attached hydrogens (tertiary/aromatic N) is 3. The van der Waals surface area contributed by atoms with E-state index in [1.807, 2.05) is 6.92 Å². The highest BCUT2D eigenvalue weighted by Gasteiger charge is 2.14. The van der Waals surface area contributed by atoms with Gasteiger partial charge in [0, 0.05) is 25.5 Å². The van der Waals surface area contributed by atoms with E-state index in [9.17, 15) is 18.4 Å². The van der Waals surface area contributed by atoms with Gasteiger partial charge in [0.25, 0.3) is 0 Å². The van der Waals surface area contributed by atoms with E-state index < -0.39 is 23.4 Å². The Hall–Kier alpha value is -3.56. The molecule has 0 saturated heterocycles. The molecule has 0 aliphatic heterocycles. The number of pyridine rings is 1. The van der Waals surface area contributed by atoms with Crippen LogP contribution in [-0.2, 0) is 16.1 Å². The molecule has 2 aromatic heterocycles. The maximum absolute atomic E-state index is 13.1. The quantitative estimate of drug-likeness (QED) is 0.602. The normalized spacial score (nSPS) is 10.7. The molecule has 1 aromatic carbocycles. The summed E-state index contributed by atoms with van der Waals surface area (Å²) in [5.41, 5.74) is 0.796. The average Bonchev–Trinajstić information content (AvgIpc) is 3.08. The van der Waals surface area contributed by atoms with Crippen LogP contribution in [0.3, 0.4) is 0 Å². The zero-order valence-corrected chi connectivity index (χ0v) is 15.6. The van der Waals surface area contributed by atoms with Crippen LogP contribution in [0, 0.1) is 11.6 Å². The van der Waals surface area contributed by atoms with E-state index in [-0.39, 0.29) is 25.3 Å². The van der Waals surface area contributed by atoms with E-state index in [2.05, 4.69) is 20.8 Å². The molecular weight excluding hydrogens is 384 g/mol. The topological polar surface area (TPSA) is 97.6 Å². The molecule has 0 unspecified atom stereocenters. The van der Waals surface area contributed by atoms with Crippen LogP contribution in [-0.4, -0.2) is 33.0 Å². The molecule has 2 heterocycles. The van der Waals surface area contributed by atoms with Crippen molar-refractivity contribution in [3.63, 3.8) is 0 Å².